The summed E-state index contributed by atoms with van der Waals surface area (Å²) in [4.78, 5) is 23.4. The van der Waals surface area contributed by atoms with Crippen LogP contribution in [0, 0.1) is 0 Å². The number of quaternary nitrogens is 1. The van der Waals surface area contributed by atoms with E-state index in [-0.39, 0.29) is 17.9 Å². The number of imide groups is 1. The van der Waals surface area contributed by atoms with Gasteiger partial charge in [-0.25, -0.2) is 0 Å². The molecule has 0 spiro atoms. The summed E-state index contributed by atoms with van der Waals surface area (Å²) in [5.41, 5.74) is 0. The van der Waals surface area contributed by atoms with Gasteiger partial charge in [0, 0.05) is 0 Å². The average Bonchev–Trinajstić information content (AvgIpc) is 2.47. The Morgan fingerprint density at radius 3 is 2.54 bits per heavy atom. The minimum atomic E-state index is -0.170. The van der Waals surface area contributed by atoms with E-state index >= 15 is 0 Å². The third-order valence-corrected chi connectivity index (χ3v) is 2.60. The molecule has 0 radical (unpaired) electrons. The molecule has 0 aromatic carbocycles. The van der Waals surface area contributed by atoms with Crippen LogP contribution in [0.25, 0.3) is 0 Å². The van der Waals surface area contributed by atoms with Gasteiger partial charge in [0.05, 0.1) is 19.6 Å². The smallest absolute Gasteiger partial charge is 0.285 e. The van der Waals surface area contributed by atoms with Crippen LogP contribution in [0.4, 0.5) is 0 Å². The van der Waals surface area contributed by atoms with Crippen LogP contribution >= 0.6 is 0 Å². The number of carbonyl (C=O) groups is 2. The minimum absolute atomic E-state index is 0.123. The van der Waals surface area contributed by atoms with Crippen LogP contribution in [0.5, 0.6) is 0 Å². The molecule has 2 heterocycles. The number of nitrogens with one attached hydrogen (secondary N) is 2. The number of rotatable bonds is 1. The predicted molar refractivity (Wildman–Crippen MR) is 43.1 cm³/mol. The summed E-state index contributed by atoms with van der Waals surface area (Å²) < 4.78 is 5.18. The highest BCUT2D eigenvalue weighted by molar-refractivity contribution is 6.04. The summed E-state index contributed by atoms with van der Waals surface area (Å²) >= 11 is 0. The van der Waals surface area contributed by atoms with Crippen molar-refractivity contribution in [1.29, 1.82) is 0 Å². The highest BCUT2D eigenvalue weighted by Gasteiger charge is 2.39. The molecule has 2 N–H and O–H groups in total. The van der Waals surface area contributed by atoms with E-state index in [9.17, 15) is 9.59 Å². The second kappa shape index (κ2) is 3.43. The van der Waals surface area contributed by atoms with E-state index < -0.39 is 0 Å². The second-order valence-electron chi connectivity index (χ2n) is 3.44. The SMILES string of the molecule is O=C1CC([NH+]2CCOCC2)C(=O)N1. The first kappa shape index (κ1) is 8.65. The average molecular weight is 185 g/mol. The monoisotopic (exact) mass is 185 g/mol. The van der Waals surface area contributed by atoms with Gasteiger partial charge in [-0.2, -0.15) is 0 Å². The molecule has 0 aliphatic carbocycles. The van der Waals surface area contributed by atoms with Gasteiger partial charge >= 0.3 is 0 Å². The molecule has 72 valence electrons. The molecule has 2 aliphatic heterocycles. The normalized spacial score (nSPS) is 30.6. The van der Waals surface area contributed by atoms with Crippen molar-refractivity contribution in [3.63, 3.8) is 0 Å². The van der Waals surface area contributed by atoms with Gasteiger partial charge in [0.2, 0.25) is 5.91 Å². The van der Waals surface area contributed by atoms with Crippen LogP contribution in [-0.2, 0) is 14.3 Å². The summed E-state index contributed by atoms with van der Waals surface area (Å²) in [7, 11) is 0. The quantitative estimate of drug-likeness (QED) is 0.438. The summed E-state index contributed by atoms with van der Waals surface area (Å²) in [5, 5.41) is 2.32. The molecule has 2 rings (SSSR count). The lowest BCUT2D eigenvalue weighted by atomic mass is 10.2. The molecule has 0 aromatic heterocycles. The van der Waals surface area contributed by atoms with E-state index in [1.54, 1.807) is 0 Å². The molecule has 0 bridgehead atoms. The van der Waals surface area contributed by atoms with Crippen molar-refractivity contribution in [2.24, 2.45) is 0 Å². The Hall–Kier alpha value is -0.940. The van der Waals surface area contributed by atoms with Crippen LogP contribution < -0.4 is 10.2 Å². The lowest BCUT2D eigenvalue weighted by Crippen LogP contribution is -3.18. The van der Waals surface area contributed by atoms with Gasteiger partial charge in [-0.15, -0.1) is 0 Å². The van der Waals surface area contributed by atoms with E-state index in [1.165, 1.54) is 4.90 Å². The van der Waals surface area contributed by atoms with Crippen molar-refractivity contribution in [1.82, 2.24) is 5.32 Å². The molecule has 13 heavy (non-hydrogen) atoms. The fourth-order valence-corrected chi connectivity index (χ4v) is 1.87. The molecular formula is C8H13N2O3+. The zero-order valence-electron chi connectivity index (χ0n) is 7.34. The van der Waals surface area contributed by atoms with Crippen LogP contribution in [0.2, 0.25) is 0 Å². The molecule has 0 saturated carbocycles. The summed E-state index contributed by atoms with van der Waals surface area (Å²) in [6.07, 6.45) is 0.341. The molecule has 2 saturated heterocycles. The summed E-state index contributed by atoms with van der Waals surface area (Å²) in [5.74, 6) is -0.268. The van der Waals surface area contributed by atoms with Crippen molar-refractivity contribution < 1.29 is 19.2 Å². The minimum Gasteiger partial charge on any atom is -0.370 e. The Kier molecular flexibility index (Phi) is 2.28. The second-order valence-corrected chi connectivity index (χ2v) is 3.44. The van der Waals surface area contributed by atoms with E-state index in [0.717, 1.165) is 13.1 Å². The molecular weight excluding hydrogens is 172 g/mol. The first-order valence-electron chi connectivity index (χ1n) is 4.53. The van der Waals surface area contributed by atoms with Gasteiger partial charge in [0.1, 0.15) is 13.1 Å². The van der Waals surface area contributed by atoms with E-state index in [4.69, 9.17) is 4.74 Å². The molecule has 2 fully saturated rings. The van der Waals surface area contributed by atoms with Crippen molar-refractivity contribution in [3.8, 4) is 0 Å². The number of amides is 2. The maximum absolute atomic E-state index is 11.3. The summed E-state index contributed by atoms with van der Waals surface area (Å²) in [6, 6.07) is -0.170. The first-order valence-corrected chi connectivity index (χ1v) is 4.53. The van der Waals surface area contributed by atoms with Gasteiger partial charge < -0.3 is 9.64 Å². The molecule has 5 nitrogen and oxygen atoms in total. The van der Waals surface area contributed by atoms with Crippen molar-refractivity contribution in [3.05, 3.63) is 0 Å². The third kappa shape index (κ3) is 1.71. The van der Waals surface area contributed by atoms with Gasteiger partial charge in [-0.3, -0.25) is 14.9 Å². The highest BCUT2D eigenvalue weighted by Crippen LogP contribution is 1.97. The van der Waals surface area contributed by atoms with Crippen LogP contribution in [0.15, 0.2) is 0 Å². The van der Waals surface area contributed by atoms with Crippen molar-refractivity contribution in [2.45, 2.75) is 12.5 Å². The van der Waals surface area contributed by atoms with Crippen molar-refractivity contribution >= 4 is 11.8 Å². The van der Waals surface area contributed by atoms with Gasteiger partial charge in [0.15, 0.2) is 6.04 Å². The van der Waals surface area contributed by atoms with Gasteiger partial charge in [-0.05, 0) is 0 Å². The first-order chi connectivity index (χ1) is 6.27. The number of hydrogen-bond acceptors (Lipinski definition) is 3. The predicted octanol–water partition coefficient (Wildman–Crippen LogP) is -2.68. The van der Waals surface area contributed by atoms with Gasteiger partial charge in [-0.1, -0.05) is 0 Å². The zero-order valence-corrected chi connectivity index (χ0v) is 7.34. The molecule has 1 unspecified atom stereocenters. The molecule has 0 aromatic rings. The van der Waals surface area contributed by atoms with Crippen LogP contribution in [0.1, 0.15) is 6.42 Å². The van der Waals surface area contributed by atoms with Crippen LogP contribution in [-0.4, -0.2) is 44.2 Å². The largest absolute Gasteiger partial charge is 0.370 e. The Bertz CT molecular complexity index is 236. The fourth-order valence-electron chi connectivity index (χ4n) is 1.87. The lowest BCUT2D eigenvalue weighted by Gasteiger charge is -2.26. The Morgan fingerprint density at radius 2 is 2.00 bits per heavy atom. The standard InChI is InChI=1S/C8H12N2O3/c11-7-5-6(8(12)9-7)10-1-3-13-4-2-10/h6H,1-5H2,(H,9,11,12)/p+1. The van der Waals surface area contributed by atoms with E-state index in [1.807, 2.05) is 0 Å². The van der Waals surface area contributed by atoms with E-state index in [0.29, 0.717) is 19.6 Å². The maximum atomic E-state index is 11.3. The summed E-state index contributed by atoms with van der Waals surface area (Å²) in [6.45, 7) is 3.03. The molecule has 1 atom stereocenters. The Balaban J connectivity index is 1.99. The highest BCUT2D eigenvalue weighted by atomic mass is 16.5. The Labute approximate surface area is 76.0 Å². The Morgan fingerprint density at radius 1 is 1.31 bits per heavy atom. The number of carbonyl (C=O) groups excluding carboxylic acids is 2. The number of ether oxygens (including phenoxy) is 1. The van der Waals surface area contributed by atoms with Crippen molar-refractivity contribution in [2.75, 3.05) is 26.3 Å². The third-order valence-electron chi connectivity index (χ3n) is 2.60. The van der Waals surface area contributed by atoms with Crippen LogP contribution in [0.3, 0.4) is 0 Å². The molecule has 5 heteroatoms. The van der Waals surface area contributed by atoms with Gasteiger partial charge in [0.25, 0.3) is 5.91 Å². The number of morpholine rings is 1. The maximum Gasteiger partial charge on any atom is 0.285 e. The molecule has 2 amide bonds. The fraction of sp³-hybridized carbons (Fsp3) is 0.750. The zero-order chi connectivity index (χ0) is 9.26. The number of hydrogen-bond donors (Lipinski definition) is 2. The van der Waals surface area contributed by atoms with E-state index in [2.05, 4.69) is 5.32 Å². The molecule has 2 aliphatic rings. The lowest BCUT2D eigenvalue weighted by molar-refractivity contribution is -0.922. The topological polar surface area (TPSA) is 59.8 Å².